The molecule has 0 saturated heterocycles. The molecule has 18 heavy (non-hydrogen) atoms. The zero-order chi connectivity index (χ0) is 12.4. The second-order valence-corrected chi connectivity index (χ2v) is 4.74. The van der Waals surface area contributed by atoms with E-state index in [1.165, 1.54) is 19.3 Å². The minimum atomic E-state index is -0.0574. The summed E-state index contributed by atoms with van der Waals surface area (Å²) in [6.07, 6.45) is 9.16. The SMILES string of the molecule is O=C(NC1CCCCC1)c1ccnc2ccnn12. The van der Waals surface area contributed by atoms with Crippen molar-refractivity contribution in [3.8, 4) is 0 Å². The summed E-state index contributed by atoms with van der Waals surface area (Å²) < 4.78 is 1.58. The van der Waals surface area contributed by atoms with Gasteiger partial charge in [0.25, 0.3) is 5.91 Å². The number of carbonyl (C=O) groups is 1. The Morgan fingerprint density at radius 1 is 1.22 bits per heavy atom. The fraction of sp³-hybridized carbons (Fsp3) is 0.462. The van der Waals surface area contributed by atoms with Crippen molar-refractivity contribution in [3.63, 3.8) is 0 Å². The standard InChI is InChI=1S/C13H16N4O/c18-13(16-10-4-2-1-3-5-10)11-6-8-14-12-7-9-15-17(11)12/h6-10H,1-5H2,(H,16,18). The minimum Gasteiger partial charge on any atom is -0.348 e. The zero-order valence-electron chi connectivity index (χ0n) is 10.2. The number of aromatic nitrogens is 3. The van der Waals surface area contributed by atoms with E-state index in [1.54, 1.807) is 29.0 Å². The van der Waals surface area contributed by atoms with E-state index in [1.807, 2.05) is 0 Å². The Morgan fingerprint density at radius 3 is 2.89 bits per heavy atom. The van der Waals surface area contributed by atoms with E-state index in [9.17, 15) is 4.79 Å². The van der Waals surface area contributed by atoms with Crippen molar-refractivity contribution in [2.75, 3.05) is 0 Å². The highest BCUT2D eigenvalue weighted by Crippen LogP contribution is 2.17. The third-order valence-corrected chi connectivity index (χ3v) is 3.46. The van der Waals surface area contributed by atoms with E-state index in [4.69, 9.17) is 0 Å². The van der Waals surface area contributed by atoms with Crippen molar-refractivity contribution in [1.82, 2.24) is 19.9 Å². The van der Waals surface area contributed by atoms with Gasteiger partial charge in [0.2, 0.25) is 0 Å². The van der Waals surface area contributed by atoms with Gasteiger partial charge in [-0.25, -0.2) is 9.50 Å². The molecule has 1 amide bonds. The largest absolute Gasteiger partial charge is 0.348 e. The van der Waals surface area contributed by atoms with Gasteiger partial charge in [0.1, 0.15) is 5.69 Å². The molecule has 0 radical (unpaired) electrons. The molecule has 1 N–H and O–H groups in total. The third kappa shape index (κ3) is 2.08. The maximum atomic E-state index is 12.2. The Bertz CT molecular complexity index is 557. The zero-order valence-corrected chi connectivity index (χ0v) is 10.2. The lowest BCUT2D eigenvalue weighted by Gasteiger charge is -2.22. The highest BCUT2D eigenvalue weighted by atomic mass is 16.2. The van der Waals surface area contributed by atoms with Crippen LogP contribution in [-0.4, -0.2) is 26.5 Å². The molecule has 0 atom stereocenters. The van der Waals surface area contributed by atoms with Crippen LogP contribution in [0.5, 0.6) is 0 Å². The quantitative estimate of drug-likeness (QED) is 0.876. The van der Waals surface area contributed by atoms with E-state index in [2.05, 4.69) is 15.4 Å². The summed E-state index contributed by atoms with van der Waals surface area (Å²) in [5, 5.41) is 7.22. The molecule has 1 saturated carbocycles. The number of hydrogen-bond donors (Lipinski definition) is 1. The Hall–Kier alpha value is -1.91. The van der Waals surface area contributed by atoms with Crippen LogP contribution >= 0.6 is 0 Å². The molecule has 2 aromatic heterocycles. The molecule has 5 heteroatoms. The van der Waals surface area contributed by atoms with Crippen LogP contribution in [0.15, 0.2) is 24.5 Å². The molecule has 5 nitrogen and oxygen atoms in total. The number of nitrogens with zero attached hydrogens (tertiary/aromatic N) is 3. The van der Waals surface area contributed by atoms with Gasteiger partial charge in [-0.05, 0) is 18.9 Å². The van der Waals surface area contributed by atoms with Crippen molar-refractivity contribution in [2.24, 2.45) is 0 Å². The lowest BCUT2D eigenvalue weighted by Crippen LogP contribution is -2.37. The highest BCUT2D eigenvalue weighted by molar-refractivity contribution is 5.93. The highest BCUT2D eigenvalue weighted by Gasteiger charge is 2.18. The van der Waals surface area contributed by atoms with E-state index >= 15 is 0 Å². The minimum absolute atomic E-state index is 0.0574. The first-order valence-corrected chi connectivity index (χ1v) is 6.44. The summed E-state index contributed by atoms with van der Waals surface area (Å²) in [5.41, 5.74) is 1.25. The van der Waals surface area contributed by atoms with E-state index in [0.29, 0.717) is 17.4 Å². The molecule has 1 aliphatic carbocycles. The molecule has 0 bridgehead atoms. The molecule has 0 unspecified atom stereocenters. The average Bonchev–Trinajstić information content (AvgIpc) is 2.87. The third-order valence-electron chi connectivity index (χ3n) is 3.46. The summed E-state index contributed by atoms with van der Waals surface area (Å²) in [6, 6.07) is 3.81. The fourth-order valence-electron chi connectivity index (χ4n) is 2.51. The van der Waals surface area contributed by atoms with Crippen LogP contribution in [0, 0.1) is 0 Å². The maximum Gasteiger partial charge on any atom is 0.270 e. The summed E-state index contributed by atoms with van der Waals surface area (Å²) >= 11 is 0. The molecular weight excluding hydrogens is 228 g/mol. The molecule has 1 aliphatic rings. The Balaban J connectivity index is 1.81. The van der Waals surface area contributed by atoms with E-state index < -0.39 is 0 Å². The predicted octanol–water partition coefficient (Wildman–Crippen LogP) is 1.79. The van der Waals surface area contributed by atoms with Crippen molar-refractivity contribution in [1.29, 1.82) is 0 Å². The summed E-state index contributed by atoms with van der Waals surface area (Å²) in [7, 11) is 0. The smallest absolute Gasteiger partial charge is 0.270 e. The van der Waals surface area contributed by atoms with Crippen LogP contribution in [0.4, 0.5) is 0 Å². The van der Waals surface area contributed by atoms with Gasteiger partial charge in [0.15, 0.2) is 5.65 Å². The number of fused-ring (bicyclic) bond motifs is 1. The van der Waals surface area contributed by atoms with Crippen LogP contribution in [0.1, 0.15) is 42.6 Å². The fourth-order valence-corrected chi connectivity index (χ4v) is 2.51. The Labute approximate surface area is 105 Å². The van der Waals surface area contributed by atoms with Gasteiger partial charge in [-0.2, -0.15) is 5.10 Å². The Kier molecular flexibility index (Phi) is 2.96. The molecule has 2 aromatic rings. The molecule has 0 aliphatic heterocycles. The van der Waals surface area contributed by atoms with Gasteiger partial charge in [0.05, 0.1) is 6.20 Å². The first kappa shape index (κ1) is 11.2. The first-order chi connectivity index (χ1) is 8.84. The van der Waals surface area contributed by atoms with Crippen molar-refractivity contribution in [3.05, 3.63) is 30.2 Å². The summed E-state index contributed by atoms with van der Waals surface area (Å²) in [6.45, 7) is 0. The summed E-state index contributed by atoms with van der Waals surface area (Å²) in [4.78, 5) is 16.4. The van der Waals surface area contributed by atoms with Gasteiger partial charge >= 0.3 is 0 Å². The van der Waals surface area contributed by atoms with Crippen molar-refractivity contribution >= 4 is 11.6 Å². The monoisotopic (exact) mass is 244 g/mol. The second kappa shape index (κ2) is 4.76. The Morgan fingerprint density at radius 2 is 2.06 bits per heavy atom. The molecule has 0 aromatic carbocycles. The van der Waals surface area contributed by atoms with Crippen LogP contribution < -0.4 is 5.32 Å². The molecule has 94 valence electrons. The molecule has 3 rings (SSSR count). The van der Waals surface area contributed by atoms with E-state index in [0.717, 1.165) is 12.8 Å². The van der Waals surface area contributed by atoms with Gasteiger partial charge < -0.3 is 5.32 Å². The van der Waals surface area contributed by atoms with Gasteiger partial charge in [0, 0.05) is 18.3 Å². The maximum absolute atomic E-state index is 12.2. The topological polar surface area (TPSA) is 59.3 Å². The lowest BCUT2D eigenvalue weighted by molar-refractivity contribution is 0.0920. The molecule has 0 spiro atoms. The number of hydrogen-bond acceptors (Lipinski definition) is 3. The molecule has 2 heterocycles. The molecule has 1 fully saturated rings. The number of carbonyl (C=O) groups excluding carboxylic acids is 1. The van der Waals surface area contributed by atoms with Crippen molar-refractivity contribution < 1.29 is 4.79 Å². The van der Waals surface area contributed by atoms with Gasteiger partial charge in [-0.1, -0.05) is 19.3 Å². The van der Waals surface area contributed by atoms with Crippen LogP contribution in [0.3, 0.4) is 0 Å². The van der Waals surface area contributed by atoms with Gasteiger partial charge in [-0.3, -0.25) is 4.79 Å². The van der Waals surface area contributed by atoms with Crippen LogP contribution in [0.2, 0.25) is 0 Å². The van der Waals surface area contributed by atoms with Gasteiger partial charge in [-0.15, -0.1) is 0 Å². The second-order valence-electron chi connectivity index (χ2n) is 4.74. The van der Waals surface area contributed by atoms with Crippen LogP contribution in [0.25, 0.3) is 5.65 Å². The normalized spacial score (nSPS) is 16.9. The summed E-state index contributed by atoms with van der Waals surface area (Å²) in [5.74, 6) is -0.0574. The average molecular weight is 244 g/mol. The van der Waals surface area contributed by atoms with Crippen molar-refractivity contribution in [2.45, 2.75) is 38.1 Å². The molecular formula is C13H16N4O. The lowest BCUT2D eigenvalue weighted by atomic mass is 9.95. The van der Waals surface area contributed by atoms with Crippen LogP contribution in [-0.2, 0) is 0 Å². The predicted molar refractivity (Wildman–Crippen MR) is 67.3 cm³/mol. The number of rotatable bonds is 2. The van der Waals surface area contributed by atoms with E-state index in [-0.39, 0.29) is 5.91 Å². The first-order valence-electron chi connectivity index (χ1n) is 6.44. The number of amides is 1. The number of nitrogens with one attached hydrogen (secondary N) is 1.